The first-order valence-electron chi connectivity index (χ1n) is 13.9. The normalized spacial score (nSPS) is 23.1. The van der Waals surface area contributed by atoms with Crippen molar-refractivity contribution in [3.8, 4) is 0 Å². The highest BCUT2D eigenvalue weighted by Crippen LogP contribution is 2.24. The van der Waals surface area contributed by atoms with Crippen molar-refractivity contribution in [2.75, 3.05) is 58.9 Å². The number of likely N-dealkylation sites (tertiary alicyclic amines) is 1. The molecule has 0 saturated carbocycles. The molecule has 10 heteroatoms. The lowest BCUT2D eigenvalue weighted by atomic mass is 10.1. The van der Waals surface area contributed by atoms with Gasteiger partial charge in [0.05, 0.1) is 11.0 Å². The van der Waals surface area contributed by atoms with Crippen molar-refractivity contribution in [3.05, 3.63) is 34.2 Å². The first-order valence-corrected chi connectivity index (χ1v) is 13.9. The summed E-state index contributed by atoms with van der Waals surface area (Å²) in [6.07, 6.45) is 5.01. The highest BCUT2D eigenvalue weighted by atomic mass is 16.2. The summed E-state index contributed by atoms with van der Waals surface area (Å²) in [7, 11) is 1.75. The van der Waals surface area contributed by atoms with E-state index in [1.807, 2.05) is 6.07 Å². The Morgan fingerprint density at radius 2 is 1.51 bits per heavy atom. The van der Waals surface area contributed by atoms with Crippen LogP contribution in [0.2, 0.25) is 0 Å². The van der Waals surface area contributed by atoms with Gasteiger partial charge in [0.2, 0.25) is 11.8 Å². The van der Waals surface area contributed by atoms with Gasteiger partial charge in [0.25, 0.3) is 0 Å². The summed E-state index contributed by atoms with van der Waals surface area (Å²) >= 11 is 0. The van der Waals surface area contributed by atoms with Crippen LogP contribution in [0, 0.1) is 0 Å². The van der Waals surface area contributed by atoms with Crippen LogP contribution in [0.15, 0.2) is 23.0 Å². The molecule has 2 amide bonds. The number of aromatic nitrogens is 2. The Hall–Kier alpha value is -2.53. The van der Waals surface area contributed by atoms with Crippen molar-refractivity contribution in [3.63, 3.8) is 0 Å². The van der Waals surface area contributed by atoms with E-state index in [-0.39, 0.29) is 18.0 Å². The number of hydrogen-bond acceptors (Lipinski definition) is 7. The second-order valence-electron chi connectivity index (χ2n) is 11.0. The summed E-state index contributed by atoms with van der Waals surface area (Å²) in [4.78, 5) is 44.6. The zero-order valence-corrected chi connectivity index (χ0v) is 22.0. The van der Waals surface area contributed by atoms with Gasteiger partial charge < -0.3 is 20.4 Å². The monoisotopic (exact) mass is 511 g/mol. The number of benzene rings is 1. The molecule has 3 aliphatic rings. The Balaban J connectivity index is 1.11. The van der Waals surface area contributed by atoms with Crippen LogP contribution in [0.25, 0.3) is 11.0 Å². The molecule has 3 N–H and O–H groups in total. The molecular weight excluding hydrogens is 470 g/mol. The van der Waals surface area contributed by atoms with Crippen molar-refractivity contribution < 1.29 is 9.59 Å². The highest BCUT2D eigenvalue weighted by molar-refractivity contribution is 6.00. The Labute approximate surface area is 218 Å². The molecule has 3 saturated heterocycles. The van der Waals surface area contributed by atoms with Gasteiger partial charge in [0, 0.05) is 52.2 Å². The van der Waals surface area contributed by atoms with Gasteiger partial charge in [-0.1, -0.05) is 6.07 Å². The number of amides is 2. The first-order chi connectivity index (χ1) is 17.9. The van der Waals surface area contributed by atoms with Crippen LogP contribution in [0.5, 0.6) is 0 Å². The number of imide groups is 1. The molecule has 202 valence electrons. The molecule has 0 aliphatic carbocycles. The lowest BCUT2D eigenvalue weighted by Gasteiger charge is -2.35. The molecular formula is C27H41N7O3. The SMILES string of the molecule is Cn1c(=O)n(C2CCC(=O)NC2=O)c2ccc(CCN3CCN(CCCN4CCC(N)CC4)CC3)cc21. The number of nitrogens with zero attached hydrogens (tertiary/aromatic N) is 5. The van der Waals surface area contributed by atoms with Gasteiger partial charge in [-0.15, -0.1) is 0 Å². The standard InChI is InChI=1S/C27H41N7O3/c1-30-24-19-20(3-4-22(24)34(27(30)37)23-5-6-25(35)29-26(23)36)7-12-33-17-15-32(16-18-33)11-2-10-31-13-8-21(28)9-14-31/h3-4,19,21,23H,2,5-18,28H2,1H3,(H,29,35,36). The van der Waals surface area contributed by atoms with Gasteiger partial charge in [-0.3, -0.25) is 24.0 Å². The van der Waals surface area contributed by atoms with E-state index in [1.165, 1.54) is 25.1 Å². The summed E-state index contributed by atoms with van der Waals surface area (Å²) in [6.45, 7) is 10.1. The lowest BCUT2D eigenvalue weighted by Crippen LogP contribution is -2.47. The molecule has 1 aromatic heterocycles. The molecule has 0 radical (unpaired) electrons. The number of piperazine rings is 1. The Morgan fingerprint density at radius 3 is 2.19 bits per heavy atom. The third-order valence-corrected chi connectivity index (χ3v) is 8.44. The molecule has 37 heavy (non-hydrogen) atoms. The first kappa shape index (κ1) is 26.1. The van der Waals surface area contributed by atoms with Crippen LogP contribution >= 0.6 is 0 Å². The van der Waals surface area contributed by atoms with E-state index in [2.05, 4.69) is 32.1 Å². The molecule has 0 bridgehead atoms. The molecule has 1 atom stereocenters. The third-order valence-electron chi connectivity index (χ3n) is 8.44. The Kier molecular flexibility index (Phi) is 8.09. The summed E-state index contributed by atoms with van der Waals surface area (Å²) < 4.78 is 3.15. The van der Waals surface area contributed by atoms with Gasteiger partial charge in [-0.05, 0) is 76.0 Å². The van der Waals surface area contributed by atoms with Crippen molar-refractivity contribution in [2.45, 2.75) is 50.6 Å². The van der Waals surface area contributed by atoms with Gasteiger partial charge >= 0.3 is 5.69 Å². The van der Waals surface area contributed by atoms with Crippen LogP contribution in [0.3, 0.4) is 0 Å². The maximum Gasteiger partial charge on any atom is 0.329 e. The van der Waals surface area contributed by atoms with E-state index in [0.29, 0.717) is 12.5 Å². The molecule has 3 fully saturated rings. The van der Waals surface area contributed by atoms with Crippen molar-refractivity contribution in [1.82, 2.24) is 29.2 Å². The van der Waals surface area contributed by atoms with E-state index in [9.17, 15) is 14.4 Å². The summed E-state index contributed by atoms with van der Waals surface area (Å²) in [5.74, 6) is -0.675. The fourth-order valence-corrected chi connectivity index (χ4v) is 6.01. The minimum Gasteiger partial charge on any atom is -0.328 e. The number of carbonyl (C=O) groups is 2. The quantitative estimate of drug-likeness (QED) is 0.491. The minimum absolute atomic E-state index is 0.221. The van der Waals surface area contributed by atoms with Crippen LogP contribution in [0.4, 0.5) is 0 Å². The minimum atomic E-state index is -0.644. The number of carbonyl (C=O) groups excluding carboxylic acids is 2. The zero-order valence-electron chi connectivity index (χ0n) is 22.0. The smallest absolute Gasteiger partial charge is 0.328 e. The molecule has 3 aliphatic heterocycles. The van der Waals surface area contributed by atoms with Crippen molar-refractivity contribution in [2.24, 2.45) is 12.8 Å². The molecule has 2 aromatic rings. The van der Waals surface area contributed by atoms with E-state index in [4.69, 9.17) is 5.73 Å². The van der Waals surface area contributed by atoms with Crippen molar-refractivity contribution >= 4 is 22.8 Å². The second kappa shape index (κ2) is 11.5. The summed E-state index contributed by atoms with van der Waals surface area (Å²) in [5, 5.41) is 2.37. The molecule has 5 rings (SSSR count). The number of nitrogens with two attached hydrogens (primary N) is 1. The number of hydrogen-bond donors (Lipinski definition) is 2. The van der Waals surface area contributed by atoms with E-state index >= 15 is 0 Å². The topological polar surface area (TPSA) is 109 Å². The molecule has 4 heterocycles. The van der Waals surface area contributed by atoms with E-state index in [0.717, 1.165) is 76.1 Å². The Bertz CT molecular complexity index is 1170. The second-order valence-corrected chi connectivity index (χ2v) is 11.0. The fraction of sp³-hybridized carbons (Fsp3) is 0.667. The predicted molar refractivity (Wildman–Crippen MR) is 143 cm³/mol. The zero-order chi connectivity index (χ0) is 25.9. The van der Waals surface area contributed by atoms with Gasteiger partial charge in [-0.25, -0.2) is 4.79 Å². The summed E-state index contributed by atoms with van der Waals surface area (Å²) in [6, 6.07) is 5.84. The number of imidazole rings is 1. The third kappa shape index (κ3) is 5.98. The average molecular weight is 512 g/mol. The van der Waals surface area contributed by atoms with Gasteiger partial charge in [0.15, 0.2) is 0 Å². The summed E-state index contributed by atoms with van der Waals surface area (Å²) in [5.41, 5.74) is 8.55. The van der Waals surface area contributed by atoms with Crippen LogP contribution in [-0.2, 0) is 23.1 Å². The lowest BCUT2D eigenvalue weighted by molar-refractivity contribution is -0.135. The number of piperidine rings is 2. The van der Waals surface area contributed by atoms with Gasteiger partial charge in [0.1, 0.15) is 6.04 Å². The van der Waals surface area contributed by atoms with E-state index in [1.54, 1.807) is 16.2 Å². The average Bonchev–Trinajstić information content (AvgIpc) is 3.14. The predicted octanol–water partition coefficient (Wildman–Crippen LogP) is 0.291. The van der Waals surface area contributed by atoms with Crippen molar-refractivity contribution in [1.29, 1.82) is 0 Å². The molecule has 10 nitrogen and oxygen atoms in total. The molecule has 1 aromatic carbocycles. The van der Waals surface area contributed by atoms with Crippen LogP contribution in [-0.4, -0.2) is 101 Å². The fourth-order valence-electron chi connectivity index (χ4n) is 6.01. The molecule has 1 unspecified atom stereocenters. The number of nitrogens with one attached hydrogen (secondary N) is 1. The maximum absolute atomic E-state index is 13.0. The maximum atomic E-state index is 13.0. The van der Waals surface area contributed by atoms with E-state index < -0.39 is 11.9 Å². The van der Waals surface area contributed by atoms with Crippen LogP contribution in [0.1, 0.15) is 43.7 Å². The van der Waals surface area contributed by atoms with Gasteiger partial charge in [-0.2, -0.15) is 0 Å². The number of fused-ring (bicyclic) bond motifs is 1. The number of aryl methyl sites for hydroxylation is 1. The number of rotatable bonds is 8. The molecule has 0 spiro atoms. The largest absolute Gasteiger partial charge is 0.329 e. The highest BCUT2D eigenvalue weighted by Gasteiger charge is 2.31. The van der Waals surface area contributed by atoms with Crippen LogP contribution < -0.4 is 16.7 Å². The Morgan fingerprint density at radius 1 is 0.865 bits per heavy atom.